The minimum absolute atomic E-state index is 0.135. The molecule has 2 aliphatic heterocycles. The van der Waals surface area contributed by atoms with Crippen molar-refractivity contribution in [2.24, 2.45) is 13.0 Å². The van der Waals surface area contributed by atoms with Gasteiger partial charge in [-0.15, -0.1) is 0 Å². The first-order valence-corrected chi connectivity index (χ1v) is 12.8. The van der Waals surface area contributed by atoms with E-state index in [4.69, 9.17) is 16.3 Å². The molecule has 0 radical (unpaired) electrons. The quantitative estimate of drug-likeness (QED) is 0.389. The van der Waals surface area contributed by atoms with E-state index in [1.165, 1.54) is 10.8 Å². The predicted molar refractivity (Wildman–Crippen MR) is 139 cm³/mol. The topological polar surface area (TPSA) is 125 Å². The standard InChI is InChI=1S/C25H27ClF2N6O4/c1-33-18-5-4-13(30-22-17(26)8-29-24(32-22)34-9-14(35)7-15(36)10-34)6-16(18)19-20(23(33)37)38-11-25(27,28)21(31-19)12-2-3-12/h4-6,8,12,14-15,21,31,35-36H,2-3,7,9-11H2,1H3,(H,29,30,32)/t14-,15+,21-/m0/s1. The molecule has 10 nitrogen and oxygen atoms in total. The fourth-order valence-corrected chi connectivity index (χ4v) is 5.37. The summed E-state index contributed by atoms with van der Waals surface area (Å²) in [6, 6.07) is 4.03. The van der Waals surface area contributed by atoms with Crippen molar-refractivity contribution in [3.8, 4) is 5.75 Å². The fourth-order valence-electron chi connectivity index (χ4n) is 5.23. The van der Waals surface area contributed by atoms with E-state index in [0.717, 1.165) is 0 Å². The van der Waals surface area contributed by atoms with Crippen LogP contribution in [0.2, 0.25) is 5.02 Å². The third kappa shape index (κ3) is 4.50. The van der Waals surface area contributed by atoms with E-state index in [-0.39, 0.29) is 53.7 Å². The van der Waals surface area contributed by atoms with Crippen LogP contribution in [0.4, 0.5) is 31.9 Å². The van der Waals surface area contributed by atoms with Gasteiger partial charge < -0.3 is 35.1 Å². The number of pyridine rings is 1. The molecule has 13 heteroatoms. The number of ether oxygens (including phenoxy) is 1. The largest absolute Gasteiger partial charge is 0.480 e. The summed E-state index contributed by atoms with van der Waals surface area (Å²) in [6.45, 7) is -0.328. The van der Waals surface area contributed by atoms with Crippen molar-refractivity contribution in [1.82, 2.24) is 14.5 Å². The maximum Gasteiger partial charge on any atom is 0.301 e. The molecule has 1 saturated carbocycles. The zero-order chi connectivity index (χ0) is 26.8. The van der Waals surface area contributed by atoms with Crippen molar-refractivity contribution >= 4 is 45.6 Å². The third-order valence-corrected chi connectivity index (χ3v) is 7.57. The zero-order valence-electron chi connectivity index (χ0n) is 20.5. The Hall–Kier alpha value is -3.22. The lowest BCUT2D eigenvalue weighted by Gasteiger charge is -2.33. The van der Waals surface area contributed by atoms with E-state index >= 15 is 0 Å². The van der Waals surface area contributed by atoms with Gasteiger partial charge in [0, 0.05) is 37.6 Å². The van der Waals surface area contributed by atoms with E-state index < -0.39 is 36.3 Å². The molecule has 4 N–H and O–H groups in total. The Kier molecular flexibility index (Phi) is 6.08. The SMILES string of the molecule is Cn1c(=O)c2c(c3cc(Nc4nc(N5C[C@H](O)C[C@H](O)C5)ncc4Cl)ccc31)N[C@@H](C1CC1)C(F)(F)CO2. The summed E-state index contributed by atoms with van der Waals surface area (Å²) in [4.78, 5) is 23.4. The molecule has 0 amide bonds. The highest BCUT2D eigenvalue weighted by molar-refractivity contribution is 6.32. The number of halogens is 3. The number of aromatic nitrogens is 3. The summed E-state index contributed by atoms with van der Waals surface area (Å²) >= 11 is 6.37. The minimum atomic E-state index is -3.13. The molecule has 1 aromatic carbocycles. The molecule has 1 aliphatic carbocycles. The lowest BCUT2D eigenvalue weighted by atomic mass is 10.0. The number of alkyl halides is 2. The van der Waals surface area contributed by atoms with Gasteiger partial charge in [0.25, 0.3) is 5.56 Å². The normalized spacial score (nSPS) is 24.8. The van der Waals surface area contributed by atoms with Gasteiger partial charge in [0.1, 0.15) is 5.02 Å². The van der Waals surface area contributed by atoms with Crippen LogP contribution < -0.4 is 25.8 Å². The Labute approximate surface area is 221 Å². The molecule has 2 fully saturated rings. The molecule has 6 rings (SSSR count). The van der Waals surface area contributed by atoms with Crippen LogP contribution in [0.15, 0.2) is 29.2 Å². The number of β-amino-alcohol motifs (C(OH)–C–C–N with tert-alkyl or cyclic N) is 2. The van der Waals surface area contributed by atoms with Crippen molar-refractivity contribution in [3.05, 3.63) is 39.8 Å². The lowest BCUT2D eigenvalue weighted by Crippen LogP contribution is -2.46. The van der Waals surface area contributed by atoms with Crippen LogP contribution in [0.5, 0.6) is 5.75 Å². The smallest absolute Gasteiger partial charge is 0.301 e. The molecule has 202 valence electrons. The van der Waals surface area contributed by atoms with Crippen LogP contribution >= 0.6 is 11.6 Å². The number of nitrogens with one attached hydrogen (secondary N) is 2. The number of hydrogen-bond donors (Lipinski definition) is 4. The number of fused-ring (bicyclic) bond motifs is 3. The summed E-state index contributed by atoms with van der Waals surface area (Å²) < 4.78 is 36.6. The average Bonchev–Trinajstić information content (AvgIpc) is 3.71. The summed E-state index contributed by atoms with van der Waals surface area (Å²) in [5, 5.41) is 26.9. The van der Waals surface area contributed by atoms with Gasteiger partial charge >= 0.3 is 5.92 Å². The van der Waals surface area contributed by atoms with Gasteiger partial charge in [-0.1, -0.05) is 11.6 Å². The van der Waals surface area contributed by atoms with Gasteiger partial charge in [-0.2, -0.15) is 4.98 Å². The van der Waals surface area contributed by atoms with Crippen LogP contribution in [-0.2, 0) is 7.05 Å². The molecule has 3 aliphatic rings. The number of anilines is 4. The van der Waals surface area contributed by atoms with Gasteiger partial charge in [-0.25, -0.2) is 13.8 Å². The Balaban J connectivity index is 1.38. The second-order valence-corrected chi connectivity index (χ2v) is 10.7. The van der Waals surface area contributed by atoms with Crippen molar-refractivity contribution < 1.29 is 23.7 Å². The number of rotatable bonds is 4. The summed E-state index contributed by atoms with van der Waals surface area (Å²) in [6.07, 6.45) is 1.67. The number of piperidine rings is 1. The molecule has 2 aromatic heterocycles. The first-order chi connectivity index (χ1) is 18.1. The molecule has 38 heavy (non-hydrogen) atoms. The van der Waals surface area contributed by atoms with E-state index in [9.17, 15) is 23.8 Å². The van der Waals surface area contributed by atoms with Gasteiger partial charge in [-0.3, -0.25) is 4.79 Å². The number of hydrogen-bond acceptors (Lipinski definition) is 9. The van der Waals surface area contributed by atoms with Gasteiger partial charge in [0.15, 0.2) is 12.4 Å². The molecular weight excluding hydrogens is 522 g/mol. The highest BCUT2D eigenvalue weighted by Gasteiger charge is 2.51. The van der Waals surface area contributed by atoms with Crippen LogP contribution in [-0.4, -0.2) is 68.6 Å². The van der Waals surface area contributed by atoms with Crippen molar-refractivity contribution in [2.75, 3.05) is 35.2 Å². The summed E-state index contributed by atoms with van der Waals surface area (Å²) in [7, 11) is 1.57. The predicted octanol–water partition coefficient (Wildman–Crippen LogP) is 2.88. The summed E-state index contributed by atoms with van der Waals surface area (Å²) in [5.74, 6) is -2.88. The van der Waals surface area contributed by atoms with Crippen LogP contribution in [0.25, 0.3) is 10.9 Å². The molecule has 3 aromatic rings. The Morgan fingerprint density at radius 3 is 2.68 bits per heavy atom. The first-order valence-electron chi connectivity index (χ1n) is 12.5. The van der Waals surface area contributed by atoms with Gasteiger partial charge in [-0.05, 0) is 37.0 Å². The first kappa shape index (κ1) is 25.1. The molecule has 4 heterocycles. The number of aryl methyl sites for hydroxylation is 1. The van der Waals surface area contributed by atoms with E-state index in [0.29, 0.717) is 29.4 Å². The summed E-state index contributed by atoms with van der Waals surface area (Å²) in [5.41, 5.74) is 0.833. The molecule has 1 saturated heterocycles. The number of benzene rings is 1. The molecule has 0 bridgehead atoms. The maximum absolute atomic E-state index is 14.9. The Morgan fingerprint density at radius 2 is 1.97 bits per heavy atom. The number of aliphatic hydroxyl groups is 2. The van der Waals surface area contributed by atoms with Gasteiger partial charge in [0.05, 0.1) is 35.7 Å². The molecular formula is C25H27ClF2N6O4. The van der Waals surface area contributed by atoms with E-state index in [1.54, 1.807) is 30.1 Å². The van der Waals surface area contributed by atoms with Gasteiger partial charge in [0.2, 0.25) is 11.7 Å². The van der Waals surface area contributed by atoms with Crippen molar-refractivity contribution in [3.63, 3.8) is 0 Å². The minimum Gasteiger partial charge on any atom is -0.480 e. The zero-order valence-corrected chi connectivity index (χ0v) is 21.3. The molecule has 3 atom stereocenters. The Bertz CT molecular complexity index is 1460. The Morgan fingerprint density at radius 1 is 1.24 bits per heavy atom. The lowest BCUT2D eigenvalue weighted by molar-refractivity contribution is -0.0579. The van der Waals surface area contributed by atoms with Crippen LogP contribution in [0, 0.1) is 5.92 Å². The third-order valence-electron chi connectivity index (χ3n) is 7.29. The van der Waals surface area contributed by atoms with Crippen molar-refractivity contribution in [2.45, 2.75) is 43.4 Å². The van der Waals surface area contributed by atoms with Crippen LogP contribution in [0.1, 0.15) is 19.3 Å². The second kappa shape index (κ2) is 9.21. The molecule has 0 unspecified atom stereocenters. The van der Waals surface area contributed by atoms with Crippen LogP contribution in [0.3, 0.4) is 0 Å². The van der Waals surface area contributed by atoms with Crippen molar-refractivity contribution in [1.29, 1.82) is 0 Å². The van der Waals surface area contributed by atoms with E-state index in [1.807, 2.05) is 0 Å². The highest BCUT2D eigenvalue weighted by atomic mass is 35.5. The highest BCUT2D eigenvalue weighted by Crippen LogP contribution is 2.45. The maximum atomic E-state index is 14.9. The fraction of sp³-hybridized carbons (Fsp3) is 0.480. The average molecular weight is 549 g/mol. The monoisotopic (exact) mass is 548 g/mol. The van der Waals surface area contributed by atoms with E-state index in [2.05, 4.69) is 20.6 Å². The molecule has 0 spiro atoms. The number of aliphatic hydroxyl groups excluding tert-OH is 2. The second-order valence-electron chi connectivity index (χ2n) is 10.2. The number of nitrogens with zero attached hydrogens (tertiary/aromatic N) is 4.